The lowest BCUT2D eigenvalue weighted by Gasteiger charge is -2.48. The molecule has 1 aliphatic heterocycles. The Morgan fingerprint density at radius 3 is 2.39 bits per heavy atom. The Bertz CT molecular complexity index is 266. The molecule has 3 atom stereocenters. The van der Waals surface area contributed by atoms with Gasteiger partial charge in [0, 0.05) is 12.5 Å². The second-order valence-electron chi connectivity index (χ2n) is 6.80. The predicted molar refractivity (Wildman–Crippen MR) is 72.4 cm³/mol. The van der Waals surface area contributed by atoms with E-state index >= 15 is 0 Å². The van der Waals surface area contributed by atoms with E-state index in [1.54, 1.807) is 0 Å². The summed E-state index contributed by atoms with van der Waals surface area (Å²) < 4.78 is 5.55. The van der Waals surface area contributed by atoms with Gasteiger partial charge in [-0.15, -0.1) is 0 Å². The molecule has 3 rings (SSSR count). The van der Waals surface area contributed by atoms with E-state index in [1.165, 1.54) is 51.4 Å². The fourth-order valence-electron chi connectivity index (χ4n) is 4.82. The van der Waals surface area contributed by atoms with Gasteiger partial charge in [-0.05, 0) is 31.1 Å². The van der Waals surface area contributed by atoms with Gasteiger partial charge in [0.15, 0.2) is 0 Å². The van der Waals surface area contributed by atoms with E-state index in [2.05, 4.69) is 0 Å². The summed E-state index contributed by atoms with van der Waals surface area (Å²) >= 11 is 0. The Morgan fingerprint density at radius 1 is 0.889 bits per heavy atom. The van der Waals surface area contributed by atoms with Gasteiger partial charge < -0.3 is 9.84 Å². The molecular formula is C16H28O2. The molecule has 0 aromatic heterocycles. The van der Waals surface area contributed by atoms with Gasteiger partial charge in [-0.1, -0.05) is 44.9 Å². The molecule has 3 unspecified atom stereocenters. The van der Waals surface area contributed by atoms with E-state index < -0.39 is 5.60 Å². The summed E-state index contributed by atoms with van der Waals surface area (Å²) in [6, 6.07) is 0. The van der Waals surface area contributed by atoms with Crippen LogP contribution >= 0.6 is 0 Å². The van der Waals surface area contributed by atoms with Crippen LogP contribution in [0.3, 0.4) is 0 Å². The number of rotatable bonds is 2. The molecule has 0 aromatic rings. The number of hydrogen-bond acceptors (Lipinski definition) is 2. The van der Waals surface area contributed by atoms with E-state index in [-0.39, 0.29) is 0 Å². The minimum Gasteiger partial charge on any atom is -0.389 e. The van der Waals surface area contributed by atoms with E-state index in [9.17, 15) is 5.11 Å². The Kier molecular flexibility index (Phi) is 3.95. The van der Waals surface area contributed by atoms with Gasteiger partial charge in [0.05, 0.1) is 12.2 Å². The van der Waals surface area contributed by atoms with Crippen molar-refractivity contribution in [1.82, 2.24) is 0 Å². The molecule has 0 radical (unpaired) electrons. The lowest BCUT2D eigenvalue weighted by molar-refractivity contribution is -0.118. The van der Waals surface area contributed by atoms with Crippen LogP contribution in [-0.4, -0.2) is 23.9 Å². The summed E-state index contributed by atoms with van der Waals surface area (Å²) in [6.45, 7) is 1.67. The third-order valence-corrected chi connectivity index (χ3v) is 5.84. The topological polar surface area (TPSA) is 29.5 Å². The second kappa shape index (κ2) is 5.50. The molecule has 2 aliphatic carbocycles. The Labute approximate surface area is 111 Å². The highest BCUT2D eigenvalue weighted by Gasteiger charge is 2.48. The Hall–Kier alpha value is -0.0800. The molecule has 0 bridgehead atoms. The summed E-state index contributed by atoms with van der Waals surface area (Å²) in [4.78, 5) is 0. The van der Waals surface area contributed by atoms with Gasteiger partial charge in [-0.25, -0.2) is 0 Å². The Balaban J connectivity index is 1.75. The van der Waals surface area contributed by atoms with Gasteiger partial charge in [-0.3, -0.25) is 0 Å². The zero-order chi connectivity index (χ0) is 12.4. The highest BCUT2D eigenvalue weighted by Crippen LogP contribution is 2.48. The number of ether oxygens (including phenoxy) is 1. The molecule has 0 aromatic carbocycles. The number of aliphatic hydroxyl groups is 1. The smallest absolute Gasteiger partial charge is 0.0729 e. The van der Waals surface area contributed by atoms with Crippen LogP contribution in [0.5, 0.6) is 0 Å². The van der Waals surface area contributed by atoms with Gasteiger partial charge in [0.25, 0.3) is 0 Å². The molecule has 2 nitrogen and oxygen atoms in total. The first kappa shape index (κ1) is 12.9. The van der Waals surface area contributed by atoms with Gasteiger partial charge in [-0.2, -0.15) is 0 Å². The molecule has 3 aliphatic rings. The standard InChI is InChI=1S/C16H28O2/c17-16(14-9-11-18-12-14)10-5-4-8-15(16)13-6-2-1-3-7-13/h13-15,17H,1-12H2. The van der Waals surface area contributed by atoms with Crippen molar-refractivity contribution >= 4 is 0 Å². The van der Waals surface area contributed by atoms with Crippen molar-refractivity contribution in [1.29, 1.82) is 0 Å². The third-order valence-electron chi connectivity index (χ3n) is 5.84. The fraction of sp³-hybridized carbons (Fsp3) is 1.00. The van der Waals surface area contributed by atoms with Crippen LogP contribution in [0.2, 0.25) is 0 Å². The SMILES string of the molecule is OC1(C2CCOC2)CCCCC1C1CCCCC1. The molecule has 0 amide bonds. The zero-order valence-corrected chi connectivity index (χ0v) is 11.6. The average molecular weight is 252 g/mol. The molecule has 1 N–H and O–H groups in total. The zero-order valence-electron chi connectivity index (χ0n) is 11.6. The van der Waals surface area contributed by atoms with Crippen LogP contribution in [0.1, 0.15) is 64.2 Å². The van der Waals surface area contributed by atoms with Crippen LogP contribution in [0.25, 0.3) is 0 Å². The quantitative estimate of drug-likeness (QED) is 0.814. The largest absolute Gasteiger partial charge is 0.389 e. The number of hydrogen-bond donors (Lipinski definition) is 1. The van der Waals surface area contributed by atoms with Crippen molar-refractivity contribution in [3.05, 3.63) is 0 Å². The molecule has 18 heavy (non-hydrogen) atoms. The van der Waals surface area contributed by atoms with E-state index in [0.29, 0.717) is 11.8 Å². The first-order valence-corrected chi connectivity index (χ1v) is 8.11. The minimum atomic E-state index is -0.392. The molecule has 2 heteroatoms. The maximum Gasteiger partial charge on any atom is 0.0729 e. The van der Waals surface area contributed by atoms with Crippen LogP contribution in [-0.2, 0) is 4.74 Å². The van der Waals surface area contributed by atoms with Crippen LogP contribution in [0.15, 0.2) is 0 Å². The van der Waals surface area contributed by atoms with E-state index in [1.807, 2.05) is 0 Å². The molecule has 0 spiro atoms. The van der Waals surface area contributed by atoms with Crippen molar-refractivity contribution in [2.45, 2.75) is 69.8 Å². The summed E-state index contributed by atoms with van der Waals surface area (Å²) in [5, 5.41) is 11.3. The highest BCUT2D eigenvalue weighted by atomic mass is 16.5. The van der Waals surface area contributed by atoms with Crippen molar-refractivity contribution in [2.24, 2.45) is 17.8 Å². The second-order valence-corrected chi connectivity index (χ2v) is 6.80. The van der Waals surface area contributed by atoms with Crippen LogP contribution in [0.4, 0.5) is 0 Å². The summed E-state index contributed by atoms with van der Waals surface area (Å²) in [5.41, 5.74) is -0.392. The van der Waals surface area contributed by atoms with Crippen LogP contribution < -0.4 is 0 Å². The monoisotopic (exact) mass is 252 g/mol. The Morgan fingerprint density at radius 2 is 1.67 bits per heavy atom. The molecule has 3 fully saturated rings. The molecule has 1 heterocycles. The molecule has 104 valence electrons. The maximum absolute atomic E-state index is 11.3. The van der Waals surface area contributed by atoms with Gasteiger partial charge in [0.2, 0.25) is 0 Å². The summed E-state index contributed by atoms with van der Waals surface area (Å²) in [5.74, 6) is 1.78. The van der Waals surface area contributed by atoms with Gasteiger partial charge in [0.1, 0.15) is 0 Å². The summed E-state index contributed by atoms with van der Waals surface area (Å²) in [6.07, 6.45) is 12.8. The van der Waals surface area contributed by atoms with Crippen molar-refractivity contribution < 1.29 is 9.84 Å². The first-order chi connectivity index (χ1) is 8.81. The van der Waals surface area contributed by atoms with Crippen molar-refractivity contribution in [2.75, 3.05) is 13.2 Å². The van der Waals surface area contributed by atoms with Crippen LogP contribution in [0, 0.1) is 17.8 Å². The first-order valence-electron chi connectivity index (χ1n) is 8.11. The highest BCUT2D eigenvalue weighted by molar-refractivity contribution is 4.99. The normalized spacial score (nSPS) is 43.2. The van der Waals surface area contributed by atoms with E-state index in [4.69, 9.17) is 4.74 Å². The average Bonchev–Trinajstić information content (AvgIpc) is 2.95. The molecule has 1 saturated heterocycles. The fourth-order valence-corrected chi connectivity index (χ4v) is 4.82. The predicted octanol–water partition coefficient (Wildman–Crippen LogP) is 3.52. The summed E-state index contributed by atoms with van der Waals surface area (Å²) in [7, 11) is 0. The van der Waals surface area contributed by atoms with Crippen molar-refractivity contribution in [3.63, 3.8) is 0 Å². The van der Waals surface area contributed by atoms with Crippen molar-refractivity contribution in [3.8, 4) is 0 Å². The maximum atomic E-state index is 11.3. The molecule has 2 saturated carbocycles. The lowest BCUT2D eigenvalue weighted by Crippen LogP contribution is -2.50. The minimum absolute atomic E-state index is 0.392. The van der Waals surface area contributed by atoms with Gasteiger partial charge >= 0.3 is 0 Å². The third kappa shape index (κ3) is 2.34. The van der Waals surface area contributed by atoms with E-state index in [0.717, 1.165) is 32.0 Å². The molecular weight excluding hydrogens is 224 g/mol. The lowest BCUT2D eigenvalue weighted by atomic mass is 9.61.